The molecule has 11 heavy (non-hydrogen) atoms. The van der Waals surface area contributed by atoms with Crippen LogP contribution in [-0.4, -0.2) is 13.1 Å². The Bertz CT molecular complexity index is 78.9. The maximum Gasteiger partial charge on any atom is -0.00231 e. The zero-order valence-corrected chi connectivity index (χ0v) is 8.48. The third-order valence-corrected chi connectivity index (χ3v) is 1.79. The second kappa shape index (κ2) is 6.66. The lowest BCUT2D eigenvalue weighted by molar-refractivity contribution is 0.414. The van der Waals surface area contributed by atoms with Gasteiger partial charge in [-0.1, -0.05) is 27.7 Å². The van der Waals surface area contributed by atoms with E-state index in [1.807, 2.05) is 0 Å². The zero-order chi connectivity index (χ0) is 8.69. The highest BCUT2D eigenvalue weighted by Crippen LogP contribution is 2.09. The highest BCUT2D eigenvalue weighted by Gasteiger charge is 2.03. The van der Waals surface area contributed by atoms with Crippen LogP contribution in [0.4, 0.5) is 0 Å². The van der Waals surface area contributed by atoms with Gasteiger partial charge in [-0.05, 0) is 37.8 Å². The molecule has 0 saturated heterocycles. The summed E-state index contributed by atoms with van der Waals surface area (Å²) >= 11 is 0. The van der Waals surface area contributed by atoms with Crippen LogP contribution in [-0.2, 0) is 0 Å². The maximum atomic E-state index is 3.44. The van der Waals surface area contributed by atoms with E-state index in [2.05, 4.69) is 33.0 Å². The van der Waals surface area contributed by atoms with Crippen LogP contribution in [0, 0.1) is 11.8 Å². The second-order valence-electron chi connectivity index (χ2n) is 3.94. The summed E-state index contributed by atoms with van der Waals surface area (Å²) in [5.41, 5.74) is 0. The van der Waals surface area contributed by atoms with Crippen molar-refractivity contribution in [3.63, 3.8) is 0 Å². The van der Waals surface area contributed by atoms with E-state index in [1.54, 1.807) is 0 Å². The average Bonchev–Trinajstić information content (AvgIpc) is 1.86. The molecule has 0 rings (SSSR count). The molecule has 0 spiro atoms. The minimum Gasteiger partial charge on any atom is -0.316 e. The standard InChI is InChI=1S/C10H23N/c1-5-6-11-8-10(4)7-9(2)3/h9-11H,5-8H2,1-4H3/t10-/m1/s1. The summed E-state index contributed by atoms with van der Waals surface area (Å²) in [6.45, 7) is 11.5. The molecule has 0 unspecified atom stereocenters. The summed E-state index contributed by atoms with van der Waals surface area (Å²) < 4.78 is 0. The molecule has 0 aliphatic rings. The van der Waals surface area contributed by atoms with E-state index >= 15 is 0 Å². The Balaban J connectivity index is 3.15. The monoisotopic (exact) mass is 157 g/mol. The van der Waals surface area contributed by atoms with Crippen molar-refractivity contribution in [2.75, 3.05) is 13.1 Å². The van der Waals surface area contributed by atoms with Gasteiger partial charge in [0.2, 0.25) is 0 Å². The van der Waals surface area contributed by atoms with Gasteiger partial charge in [0, 0.05) is 0 Å². The summed E-state index contributed by atoms with van der Waals surface area (Å²) in [5.74, 6) is 1.68. The molecule has 0 bridgehead atoms. The van der Waals surface area contributed by atoms with Crippen LogP contribution in [0.2, 0.25) is 0 Å². The van der Waals surface area contributed by atoms with Crippen molar-refractivity contribution < 1.29 is 0 Å². The van der Waals surface area contributed by atoms with E-state index < -0.39 is 0 Å². The van der Waals surface area contributed by atoms with Gasteiger partial charge in [0.1, 0.15) is 0 Å². The molecule has 68 valence electrons. The van der Waals surface area contributed by atoms with E-state index in [4.69, 9.17) is 0 Å². The number of rotatable bonds is 6. The molecule has 0 aromatic rings. The molecule has 0 saturated carbocycles. The molecular weight excluding hydrogens is 134 g/mol. The highest BCUT2D eigenvalue weighted by atomic mass is 14.8. The van der Waals surface area contributed by atoms with Crippen LogP contribution in [0.1, 0.15) is 40.5 Å². The van der Waals surface area contributed by atoms with Crippen molar-refractivity contribution in [1.82, 2.24) is 5.32 Å². The molecular formula is C10H23N. The Morgan fingerprint density at radius 2 is 1.82 bits per heavy atom. The molecule has 0 aliphatic carbocycles. The van der Waals surface area contributed by atoms with Crippen molar-refractivity contribution in [1.29, 1.82) is 0 Å². The van der Waals surface area contributed by atoms with Gasteiger partial charge in [-0.3, -0.25) is 0 Å². The number of hydrogen-bond donors (Lipinski definition) is 1. The highest BCUT2D eigenvalue weighted by molar-refractivity contribution is 4.58. The molecule has 0 amide bonds. The fourth-order valence-electron chi connectivity index (χ4n) is 1.41. The van der Waals surface area contributed by atoms with Crippen LogP contribution in [0.15, 0.2) is 0 Å². The fraction of sp³-hybridized carbons (Fsp3) is 1.00. The van der Waals surface area contributed by atoms with Crippen LogP contribution in [0.5, 0.6) is 0 Å². The Morgan fingerprint density at radius 1 is 1.18 bits per heavy atom. The molecule has 0 aromatic heterocycles. The van der Waals surface area contributed by atoms with Crippen molar-refractivity contribution >= 4 is 0 Å². The fourth-order valence-corrected chi connectivity index (χ4v) is 1.41. The average molecular weight is 157 g/mol. The topological polar surface area (TPSA) is 12.0 Å². The summed E-state index contributed by atoms with van der Waals surface area (Å²) in [5, 5.41) is 3.44. The van der Waals surface area contributed by atoms with Gasteiger partial charge in [-0.2, -0.15) is 0 Å². The minimum absolute atomic E-state index is 0.835. The van der Waals surface area contributed by atoms with Crippen LogP contribution < -0.4 is 5.32 Å². The number of hydrogen-bond acceptors (Lipinski definition) is 1. The first-order chi connectivity index (χ1) is 5.16. The molecule has 0 fully saturated rings. The summed E-state index contributed by atoms with van der Waals surface area (Å²) in [6, 6.07) is 0. The summed E-state index contributed by atoms with van der Waals surface area (Å²) in [6.07, 6.45) is 2.59. The lowest BCUT2D eigenvalue weighted by Crippen LogP contribution is -2.22. The summed E-state index contributed by atoms with van der Waals surface area (Å²) in [4.78, 5) is 0. The van der Waals surface area contributed by atoms with Crippen molar-refractivity contribution in [2.45, 2.75) is 40.5 Å². The number of nitrogens with one attached hydrogen (secondary N) is 1. The van der Waals surface area contributed by atoms with Crippen molar-refractivity contribution in [3.8, 4) is 0 Å². The predicted octanol–water partition coefficient (Wildman–Crippen LogP) is 2.67. The Hall–Kier alpha value is -0.0400. The molecule has 1 N–H and O–H groups in total. The quantitative estimate of drug-likeness (QED) is 0.584. The van der Waals surface area contributed by atoms with Gasteiger partial charge in [-0.15, -0.1) is 0 Å². The van der Waals surface area contributed by atoms with E-state index in [0.29, 0.717) is 0 Å². The van der Waals surface area contributed by atoms with Crippen LogP contribution in [0.25, 0.3) is 0 Å². The van der Waals surface area contributed by atoms with Crippen LogP contribution >= 0.6 is 0 Å². The van der Waals surface area contributed by atoms with Gasteiger partial charge in [0.05, 0.1) is 0 Å². The molecule has 1 nitrogen and oxygen atoms in total. The lowest BCUT2D eigenvalue weighted by Gasteiger charge is -2.13. The molecule has 0 aliphatic heterocycles. The van der Waals surface area contributed by atoms with Gasteiger partial charge < -0.3 is 5.32 Å². The zero-order valence-electron chi connectivity index (χ0n) is 8.48. The third-order valence-electron chi connectivity index (χ3n) is 1.79. The van der Waals surface area contributed by atoms with E-state index in [1.165, 1.54) is 25.9 Å². The normalized spacial score (nSPS) is 13.9. The third kappa shape index (κ3) is 7.86. The van der Waals surface area contributed by atoms with Gasteiger partial charge in [-0.25, -0.2) is 0 Å². The van der Waals surface area contributed by atoms with Crippen molar-refractivity contribution in [2.24, 2.45) is 11.8 Å². The Morgan fingerprint density at radius 3 is 2.27 bits per heavy atom. The first-order valence-corrected chi connectivity index (χ1v) is 4.87. The van der Waals surface area contributed by atoms with Crippen molar-refractivity contribution in [3.05, 3.63) is 0 Å². The molecule has 0 radical (unpaired) electrons. The molecule has 1 atom stereocenters. The van der Waals surface area contributed by atoms with E-state index in [9.17, 15) is 0 Å². The minimum atomic E-state index is 0.835. The first-order valence-electron chi connectivity index (χ1n) is 4.87. The predicted molar refractivity (Wildman–Crippen MR) is 51.8 cm³/mol. The second-order valence-corrected chi connectivity index (χ2v) is 3.94. The lowest BCUT2D eigenvalue weighted by atomic mass is 9.99. The first kappa shape index (κ1) is 11.0. The Labute approximate surface area is 71.6 Å². The largest absolute Gasteiger partial charge is 0.316 e. The van der Waals surface area contributed by atoms with E-state index in [0.717, 1.165) is 11.8 Å². The maximum absolute atomic E-state index is 3.44. The van der Waals surface area contributed by atoms with Gasteiger partial charge in [0.25, 0.3) is 0 Å². The van der Waals surface area contributed by atoms with E-state index in [-0.39, 0.29) is 0 Å². The molecule has 1 heteroatoms. The van der Waals surface area contributed by atoms with Gasteiger partial charge >= 0.3 is 0 Å². The van der Waals surface area contributed by atoms with Crippen LogP contribution in [0.3, 0.4) is 0 Å². The van der Waals surface area contributed by atoms with Gasteiger partial charge in [0.15, 0.2) is 0 Å². The molecule has 0 aromatic carbocycles. The summed E-state index contributed by atoms with van der Waals surface area (Å²) in [7, 11) is 0. The smallest absolute Gasteiger partial charge is 0.00231 e. The molecule has 0 heterocycles. The SMILES string of the molecule is CCCNC[C@H](C)CC(C)C. The Kier molecular flexibility index (Phi) is 6.63.